The minimum Gasteiger partial charge on any atom is -0.462 e. The lowest BCUT2D eigenvalue weighted by Gasteiger charge is -2.32. The van der Waals surface area contributed by atoms with Crippen LogP contribution in [0.2, 0.25) is 0 Å². The molecule has 1 amide bonds. The first kappa shape index (κ1) is 20.3. The third-order valence-electron chi connectivity index (χ3n) is 4.61. The van der Waals surface area contributed by atoms with Gasteiger partial charge in [0.2, 0.25) is 12.2 Å². The predicted octanol–water partition coefficient (Wildman–Crippen LogP) is 2.02. The molecule has 1 fully saturated rings. The van der Waals surface area contributed by atoms with Gasteiger partial charge in [-0.15, -0.1) is 0 Å². The number of carbonyl (C=O) groups excluding carboxylic acids is 1. The van der Waals surface area contributed by atoms with Gasteiger partial charge in [0.1, 0.15) is 17.7 Å². The Morgan fingerprint density at radius 1 is 1.29 bits per heavy atom. The molecule has 3 unspecified atom stereocenters. The maximum absolute atomic E-state index is 13.7. The molecule has 1 saturated heterocycles. The van der Waals surface area contributed by atoms with Crippen LogP contribution in [0.1, 0.15) is 18.9 Å². The Kier molecular flexibility index (Phi) is 6.61. The van der Waals surface area contributed by atoms with Crippen LogP contribution in [-0.2, 0) is 16.0 Å². The van der Waals surface area contributed by atoms with Crippen molar-refractivity contribution in [1.82, 2.24) is 5.32 Å². The fourth-order valence-corrected chi connectivity index (χ4v) is 3.14. The summed E-state index contributed by atoms with van der Waals surface area (Å²) in [5, 5.41) is 22.6. The summed E-state index contributed by atoms with van der Waals surface area (Å²) in [6, 6.07) is 11.5. The molecule has 2 aromatic carbocycles. The normalized spacial score (nSPS) is 21.9. The third-order valence-corrected chi connectivity index (χ3v) is 4.61. The van der Waals surface area contributed by atoms with E-state index in [9.17, 15) is 19.4 Å². The van der Waals surface area contributed by atoms with Gasteiger partial charge in [-0.25, -0.2) is 4.39 Å². The van der Waals surface area contributed by atoms with E-state index in [2.05, 4.69) is 5.32 Å². The number of rotatable bonds is 6. The monoisotopic (exact) mass is 389 g/mol. The van der Waals surface area contributed by atoms with Crippen LogP contribution in [0.3, 0.4) is 0 Å². The molecule has 0 saturated carbocycles. The Labute approximate surface area is 162 Å². The van der Waals surface area contributed by atoms with Crippen LogP contribution in [0.15, 0.2) is 42.5 Å². The van der Waals surface area contributed by atoms with Gasteiger partial charge < -0.3 is 25.0 Å². The fourth-order valence-electron chi connectivity index (χ4n) is 3.14. The third kappa shape index (κ3) is 5.07. The van der Waals surface area contributed by atoms with E-state index in [1.807, 2.05) is 6.07 Å². The molecule has 1 aliphatic rings. The van der Waals surface area contributed by atoms with Gasteiger partial charge in [0.25, 0.3) is 0 Å². The molecule has 2 aromatic rings. The van der Waals surface area contributed by atoms with E-state index >= 15 is 0 Å². The highest BCUT2D eigenvalue weighted by atomic mass is 19.1. The molecule has 6 nitrogen and oxygen atoms in total. The summed E-state index contributed by atoms with van der Waals surface area (Å²) in [5.74, 6) is -0.0410. The first-order valence-electron chi connectivity index (χ1n) is 9.22. The lowest BCUT2D eigenvalue weighted by molar-refractivity contribution is -0.207. The molecule has 150 valence electrons. The minimum atomic E-state index is -1.15. The number of benzene rings is 2. The lowest BCUT2D eigenvalue weighted by atomic mass is 9.97. The molecule has 0 radical (unpaired) electrons. The number of hydrogen-bond acceptors (Lipinski definition) is 5. The van der Waals surface area contributed by atoms with Crippen molar-refractivity contribution in [3.05, 3.63) is 53.8 Å². The summed E-state index contributed by atoms with van der Waals surface area (Å²) in [4.78, 5) is 11.1. The second-order valence-corrected chi connectivity index (χ2v) is 6.77. The average Bonchev–Trinajstić information content (AvgIpc) is 2.66. The zero-order valence-corrected chi connectivity index (χ0v) is 15.6. The van der Waals surface area contributed by atoms with Crippen LogP contribution in [-0.4, -0.2) is 47.8 Å². The SMILES string of the molecule is CC(=O)NCCc1ccc(OC2OCCC(O)C2O)cc1-c1cccc(F)c1. The minimum absolute atomic E-state index is 0.116. The second-order valence-electron chi connectivity index (χ2n) is 6.77. The first-order chi connectivity index (χ1) is 13.4. The molecule has 0 bridgehead atoms. The number of hydrogen-bond donors (Lipinski definition) is 3. The number of aliphatic hydroxyl groups excluding tert-OH is 2. The molecule has 7 heteroatoms. The number of carbonyl (C=O) groups is 1. The van der Waals surface area contributed by atoms with Crippen molar-refractivity contribution < 1.29 is 28.9 Å². The number of amides is 1. The van der Waals surface area contributed by atoms with Crippen molar-refractivity contribution in [2.75, 3.05) is 13.2 Å². The van der Waals surface area contributed by atoms with E-state index in [0.717, 1.165) is 11.1 Å². The van der Waals surface area contributed by atoms with Gasteiger partial charge in [-0.05, 0) is 53.8 Å². The summed E-state index contributed by atoms with van der Waals surface area (Å²) < 4.78 is 24.9. The summed E-state index contributed by atoms with van der Waals surface area (Å²) in [5.41, 5.74) is 2.35. The van der Waals surface area contributed by atoms with Crippen LogP contribution in [0.5, 0.6) is 5.75 Å². The second kappa shape index (κ2) is 9.14. The highest BCUT2D eigenvalue weighted by Gasteiger charge is 2.33. The Hall–Kier alpha value is -2.48. The molecule has 3 rings (SSSR count). The fraction of sp³-hybridized carbons (Fsp3) is 0.381. The Balaban J connectivity index is 1.86. The molecular formula is C21H24FNO5. The predicted molar refractivity (Wildman–Crippen MR) is 101 cm³/mol. The van der Waals surface area contributed by atoms with Crippen LogP contribution in [0.4, 0.5) is 4.39 Å². The summed E-state index contributed by atoms with van der Waals surface area (Å²) in [6.07, 6.45) is -2.12. The van der Waals surface area contributed by atoms with Crippen LogP contribution in [0.25, 0.3) is 11.1 Å². The van der Waals surface area contributed by atoms with E-state index < -0.39 is 18.5 Å². The van der Waals surface area contributed by atoms with Gasteiger partial charge in [-0.1, -0.05) is 18.2 Å². The number of halogens is 1. The van der Waals surface area contributed by atoms with Gasteiger partial charge in [-0.3, -0.25) is 4.79 Å². The molecule has 3 atom stereocenters. The maximum atomic E-state index is 13.7. The van der Waals surface area contributed by atoms with Crippen molar-refractivity contribution in [2.24, 2.45) is 0 Å². The summed E-state index contributed by atoms with van der Waals surface area (Å²) >= 11 is 0. The number of aliphatic hydroxyl groups is 2. The molecule has 1 heterocycles. The number of nitrogens with one attached hydrogen (secondary N) is 1. The zero-order valence-electron chi connectivity index (χ0n) is 15.6. The molecule has 3 N–H and O–H groups in total. The van der Waals surface area contributed by atoms with E-state index in [0.29, 0.717) is 30.7 Å². The zero-order chi connectivity index (χ0) is 20.1. The Morgan fingerprint density at radius 3 is 2.86 bits per heavy atom. The van der Waals surface area contributed by atoms with Gasteiger partial charge >= 0.3 is 0 Å². The van der Waals surface area contributed by atoms with Gasteiger partial charge in [0.05, 0.1) is 12.7 Å². The smallest absolute Gasteiger partial charge is 0.228 e. The maximum Gasteiger partial charge on any atom is 0.228 e. The van der Waals surface area contributed by atoms with Gasteiger partial charge in [-0.2, -0.15) is 0 Å². The van der Waals surface area contributed by atoms with E-state index in [1.165, 1.54) is 19.1 Å². The molecule has 0 spiro atoms. The van der Waals surface area contributed by atoms with E-state index in [-0.39, 0.29) is 18.3 Å². The average molecular weight is 389 g/mol. The molecule has 0 aromatic heterocycles. The van der Waals surface area contributed by atoms with Crippen molar-refractivity contribution in [2.45, 2.75) is 38.3 Å². The largest absolute Gasteiger partial charge is 0.462 e. The van der Waals surface area contributed by atoms with Crippen molar-refractivity contribution in [1.29, 1.82) is 0 Å². The molecule has 28 heavy (non-hydrogen) atoms. The van der Waals surface area contributed by atoms with E-state index in [1.54, 1.807) is 24.3 Å². The quantitative estimate of drug-likeness (QED) is 0.704. The summed E-state index contributed by atoms with van der Waals surface area (Å²) in [6.45, 7) is 2.19. The highest BCUT2D eigenvalue weighted by Crippen LogP contribution is 2.30. The Morgan fingerprint density at radius 2 is 2.11 bits per heavy atom. The van der Waals surface area contributed by atoms with E-state index in [4.69, 9.17) is 9.47 Å². The van der Waals surface area contributed by atoms with Crippen molar-refractivity contribution in [3.8, 4) is 16.9 Å². The van der Waals surface area contributed by atoms with Crippen LogP contribution in [0, 0.1) is 5.82 Å². The topological polar surface area (TPSA) is 88.0 Å². The standard InChI is InChI=1S/C21H24FNO5/c1-13(24)23-9-7-14-5-6-17(28-21-20(26)19(25)8-10-27-21)12-18(14)15-3-2-4-16(22)11-15/h2-6,11-12,19-21,25-26H,7-10H2,1H3,(H,23,24). The van der Waals surface area contributed by atoms with Crippen molar-refractivity contribution in [3.63, 3.8) is 0 Å². The molecule has 1 aliphatic heterocycles. The van der Waals surface area contributed by atoms with Crippen LogP contribution < -0.4 is 10.1 Å². The van der Waals surface area contributed by atoms with Gasteiger partial charge in [0, 0.05) is 13.5 Å². The lowest BCUT2D eigenvalue weighted by Crippen LogP contribution is -2.47. The molecule has 0 aliphatic carbocycles. The first-order valence-corrected chi connectivity index (χ1v) is 9.22. The Bertz CT molecular complexity index is 828. The highest BCUT2D eigenvalue weighted by molar-refractivity contribution is 5.73. The van der Waals surface area contributed by atoms with Crippen LogP contribution >= 0.6 is 0 Å². The summed E-state index contributed by atoms with van der Waals surface area (Å²) in [7, 11) is 0. The van der Waals surface area contributed by atoms with Crippen molar-refractivity contribution >= 4 is 5.91 Å². The van der Waals surface area contributed by atoms with Gasteiger partial charge in [0.15, 0.2) is 0 Å². The molecular weight excluding hydrogens is 365 g/mol. The number of ether oxygens (including phenoxy) is 2.